The SMILES string of the molecule is CCNC1CCCc2ccc(OCCCC#N)cc21. The minimum absolute atomic E-state index is 0.469. The minimum atomic E-state index is 0.469. The van der Waals surface area contributed by atoms with Gasteiger partial charge in [0.05, 0.1) is 12.7 Å². The number of nitriles is 1. The maximum Gasteiger partial charge on any atom is 0.119 e. The number of ether oxygens (including phenoxy) is 1. The molecule has 19 heavy (non-hydrogen) atoms. The van der Waals surface area contributed by atoms with E-state index in [0.29, 0.717) is 19.1 Å². The average Bonchev–Trinajstić information content (AvgIpc) is 2.44. The van der Waals surface area contributed by atoms with Gasteiger partial charge in [-0.25, -0.2) is 0 Å². The van der Waals surface area contributed by atoms with E-state index in [4.69, 9.17) is 10.00 Å². The molecule has 0 fully saturated rings. The Balaban J connectivity index is 2.03. The highest BCUT2D eigenvalue weighted by atomic mass is 16.5. The van der Waals surface area contributed by atoms with Crippen LogP contribution in [0.1, 0.15) is 49.8 Å². The quantitative estimate of drug-likeness (QED) is 0.796. The zero-order valence-electron chi connectivity index (χ0n) is 11.6. The van der Waals surface area contributed by atoms with Crippen LogP contribution in [-0.2, 0) is 6.42 Å². The van der Waals surface area contributed by atoms with Gasteiger partial charge >= 0.3 is 0 Å². The van der Waals surface area contributed by atoms with E-state index in [-0.39, 0.29) is 0 Å². The molecule has 1 N–H and O–H groups in total. The first-order chi connectivity index (χ1) is 9.35. The highest BCUT2D eigenvalue weighted by Crippen LogP contribution is 2.32. The molecule has 1 aliphatic carbocycles. The largest absolute Gasteiger partial charge is 0.494 e. The molecule has 0 aliphatic heterocycles. The number of benzene rings is 1. The Kier molecular flexibility index (Phi) is 5.23. The fraction of sp³-hybridized carbons (Fsp3) is 0.562. The Bertz CT molecular complexity index is 451. The molecule has 1 aromatic carbocycles. The lowest BCUT2D eigenvalue weighted by Crippen LogP contribution is -2.24. The summed E-state index contributed by atoms with van der Waals surface area (Å²) in [6.07, 6.45) is 4.99. The molecule has 0 heterocycles. The van der Waals surface area contributed by atoms with Gasteiger partial charge in [-0.1, -0.05) is 13.0 Å². The summed E-state index contributed by atoms with van der Waals surface area (Å²) in [5.74, 6) is 0.932. The van der Waals surface area contributed by atoms with Crippen molar-refractivity contribution >= 4 is 0 Å². The molecule has 1 aliphatic rings. The van der Waals surface area contributed by atoms with Crippen LogP contribution in [0.3, 0.4) is 0 Å². The Hall–Kier alpha value is -1.53. The van der Waals surface area contributed by atoms with Crippen molar-refractivity contribution in [3.05, 3.63) is 29.3 Å². The van der Waals surface area contributed by atoms with Gasteiger partial charge in [-0.2, -0.15) is 5.26 Å². The predicted molar refractivity (Wildman–Crippen MR) is 76.1 cm³/mol. The van der Waals surface area contributed by atoms with Crippen LogP contribution >= 0.6 is 0 Å². The highest BCUT2D eigenvalue weighted by molar-refractivity contribution is 5.39. The molecule has 0 spiro atoms. The second-order valence-electron chi connectivity index (χ2n) is 4.97. The van der Waals surface area contributed by atoms with E-state index < -0.39 is 0 Å². The van der Waals surface area contributed by atoms with Crippen LogP contribution in [0.2, 0.25) is 0 Å². The van der Waals surface area contributed by atoms with Crippen LogP contribution in [0.5, 0.6) is 5.75 Å². The Morgan fingerprint density at radius 3 is 3.16 bits per heavy atom. The van der Waals surface area contributed by atoms with Crippen LogP contribution in [0.25, 0.3) is 0 Å². The van der Waals surface area contributed by atoms with Gasteiger partial charge in [-0.05, 0) is 55.5 Å². The molecular weight excluding hydrogens is 236 g/mol. The monoisotopic (exact) mass is 258 g/mol. The van der Waals surface area contributed by atoms with Gasteiger partial charge in [0.2, 0.25) is 0 Å². The molecule has 0 aromatic heterocycles. The molecule has 1 unspecified atom stereocenters. The van der Waals surface area contributed by atoms with Gasteiger partial charge in [0.15, 0.2) is 0 Å². The lowest BCUT2D eigenvalue weighted by molar-refractivity contribution is 0.311. The summed E-state index contributed by atoms with van der Waals surface area (Å²) in [7, 11) is 0. The number of fused-ring (bicyclic) bond motifs is 1. The normalized spacial score (nSPS) is 17.6. The molecule has 3 heteroatoms. The van der Waals surface area contributed by atoms with Gasteiger partial charge < -0.3 is 10.1 Å². The summed E-state index contributed by atoms with van der Waals surface area (Å²) in [4.78, 5) is 0. The summed E-state index contributed by atoms with van der Waals surface area (Å²) in [6.45, 7) is 3.77. The Morgan fingerprint density at radius 1 is 1.47 bits per heavy atom. The van der Waals surface area contributed by atoms with Crippen LogP contribution in [0.15, 0.2) is 18.2 Å². The van der Waals surface area contributed by atoms with Crippen molar-refractivity contribution in [3.63, 3.8) is 0 Å². The zero-order chi connectivity index (χ0) is 13.5. The second-order valence-corrected chi connectivity index (χ2v) is 4.97. The van der Waals surface area contributed by atoms with Crippen molar-refractivity contribution in [2.75, 3.05) is 13.2 Å². The van der Waals surface area contributed by atoms with Crippen LogP contribution < -0.4 is 10.1 Å². The minimum Gasteiger partial charge on any atom is -0.494 e. The summed E-state index contributed by atoms with van der Waals surface area (Å²) in [5.41, 5.74) is 2.84. The average molecular weight is 258 g/mol. The van der Waals surface area contributed by atoms with E-state index in [1.807, 2.05) is 0 Å². The third-order valence-electron chi connectivity index (χ3n) is 3.58. The van der Waals surface area contributed by atoms with Gasteiger partial charge in [-0.3, -0.25) is 0 Å². The molecule has 102 valence electrons. The number of hydrogen-bond donors (Lipinski definition) is 1. The van der Waals surface area contributed by atoms with E-state index in [0.717, 1.165) is 18.7 Å². The van der Waals surface area contributed by atoms with Crippen molar-refractivity contribution in [2.45, 2.75) is 45.1 Å². The van der Waals surface area contributed by atoms with Crippen molar-refractivity contribution in [2.24, 2.45) is 0 Å². The third-order valence-corrected chi connectivity index (χ3v) is 3.58. The van der Waals surface area contributed by atoms with Gasteiger partial charge in [0, 0.05) is 12.5 Å². The summed E-state index contributed by atoms with van der Waals surface area (Å²) in [5, 5.41) is 12.0. The standard InChI is InChI=1S/C16H22N2O/c1-2-18-16-7-5-6-13-8-9-14(12-15(13)16)19-11-4-3-10-17/h8-9,12,16,18H,2-7,11H2,1H3. The number of hydrogen-bond acceptors (Lipinski definition) is 3. The fourth-order valence-electron chi connectivity index (χ4n) is 2.67. The van der Waals surface area contributed by atoms with Gasteiger partial charge in [0.1, 0.15) is 5.75 Å². The first kappa shape index (κ1) is 13.9. The Morgan fingerprint density at radius 2 is 2.37 bits per heavy atom. The van der Waals surface area contributed by atoms with Crippen molar-refractivity contribution in [3.8, 4) is 11.8 Å². The van der Waals surface area contributed by atoms with E-state index in [1.54, 1.807) is 0 Å². The van der Waals surface area contributed by atoms with E-state index in [9.17, 15) is 0 Å². The van der Waals surface area contributed by atoms with E-state index in [2.05, 4.69) is 36.5 Å². The number of nitrogens with one attached hydrogen (secondary N) is 1. The highest BCUT2D eigenvalue weighted by Gasteiger charge is 2.19. The molecule has 3 nitrogen and oxygen atoms in total. The Labute approximate surface area is 115 Å². The smallest absolute Gasteiger partial charge is 0.119 e. The lowest BCUT2D eigenvalue weighted by Gasteiger charge is -2.26. The number of rotatable bonds is 6. The van der Waals surface area contributed by atoms with Crippen molar-refractivity contribution < 1.29 is 4.74 Å². The van der Waals surface area contributed by atoms with Gasteiger partial charge in [0.25, 0.3) is 0 Å². The van der Waals surface area contributed by atoms with E-state index in [1.165, 1.54) is 30.4 Å². The van der Waals surface area contributed by atoms with Crippen LogP contribution in [0, 0.1) is 11.3 Å². The summed E-state index contributed by atoms with van der Waals surface area (Å²) < 4.78 is 5.72. The van der Waals surface area contributed by atoms with Crippen LogP contribution in [-0.4, -0.2) is 13.2 Å². The molecule has 0 saturated heterocycles. The third kappa shape index (κ3) is 3.71. The predicted octanol–water partition coefficient (Wildman–Crippen LogP) is 3.36. The van der Waals surface area contributed by atoms with Crippen molar-refractivity contribution in [1.29, 1.82) is 5.26 Å². The van der Waals surface area contributed by atoms with Crippen LogP contribution in [0.4, 0.5) is 0 Å². The molecule has 0 radical (unpaired) electrons. The van der Waals surface area contributed by atoms with Crippen molar-refractivity contribution in [1.82, 2.24) is 5.32 Å². The summed E-state index contributed by atoms with van der Waals surface area (Å²) in [6, 6.07) is 9.03. The topological polar surface area (TPSA) is 45.0 Å². The maximum atomic E-state index is 8.50. The van der Waals surface area contributed by atoms with E-state index >= 15 is 0 Å². The first-order valence-electron chi connectivity index (χ1n) is 7.21. The number of nitrogens with zero attached hydrogens (tertiary/aromatic N) is 1. The zero-order valence-corrected chi connectivity index (χ0v) is 11.6. The fourth-order valence-corrected chi connectivity index (χ4v) is 2.67. The number of aryl methyl sites for hydroxylation is 1. The molecule has 0 amide bonds. The molecule has 0 bridgehead atoms. The molecule has 0 saturated carbocycles. The lowest BCUT2D eigenvalue weighted by atomic mass is 9.87. The summed E-state index contributed by atoms with van der Waals surface area (Å²) >= 11 is 0. The van der Waals surface area contributed by atoms with Gasteiger partial charge in [-0.15, -0.1) is 0 Å². The maximum absolute atomic E-state index is 8.50. The number of unbranched alkanes of at least 4 members (excludes halogenated alkanes) is 1. The molecule has 2 rings (SSSR count). The first-order valence-corrected chi connectivity index (χ1v) is 7.21. The molecule has 1 aromatic rings. The molecular formula is C16H22N2O. The second kappa shape index (κ2) is 7.16. The molecule has 1 atom stereocenters.